The normalized spacial score (nSPS) is 11.0. The van der Waals surface area contributed by atoms with Gasteiger partial charge in [-0.2, -0.15) is 0 Å². The van der Waals surface area contributed by atoms with Crippen molar-refractivity contribution in [1.29, 1.82) is 0 Å². The van der Waals surface area contributed by atoms with Crippen LogP contribution in [0.25, 0.3) is 11.3 Å². The Balaban J connectivity index is 2.15. The molecule has 0 fully saturated rings. The molecule has 0 radical (unpaired) electrons. The summed E-state index contributed by atoms with van der Waals surface area (Å²) in [6.45, 7) is 9.24. The Bertz CT molecular complexity index is 666. The van der Waals surface area contributed by atoms with Gasteiger partial charge in [0.2, 0.25) is 0 Å². The Hall–Kier alpha value is -1.85. The molecule has 0 aliphatic rings. The van der Waals surface area contributed by atoms with E-state index in [1.54, 1.807) is 13.0 Å². The number of hydrogen-bond acceptors (Lipinski definition) is 4. The fourth-order valence-electron chi connectivity index (χ4n) is 2.43. The number of benzene rings is 1. The van der Waals surface area contributed by atoms with Crippen LogP contribution in [0, 0.1) is 6.92 Å². The molecule has 1 heterocycles. The summed E-state index contributed by atoms with van der Waals surface area (Å²) in [7, 11) is 0. The zero-order chi connectivity index (χ0) is 16.8. The van der Waals surface area contributed by atoms with Crippen molar-refractivity contribution >= 4 is 17.5 Å². The van der Waals surface area contributed by atoms with Gasteiger partial charge in [0, 0.05) is 18.7 Å². The summed E-state index contributed by atoms with van der Waals surface area (Å²) in [6, 6.07) is 7.28. The van der Waals surface area contributed by atoms with E-state index in [9.17, 15) is 4.79 Å². The molecule has 0 atom stereocenters. The number of rotatable bonds is 7. The molecule has 1 N–H and O–H groups in total. The van der Waals surface area contributed by atoms with Crippen molar-refractivity contribution < 1.29 is 9.32 Å². The molecule has 0 unspecified atom stereocenters. The standard InChI is InChI=1S/C17H22ClN3O2/c1-4-21(5-2)11-10-19-17(22)15-12(3)23-20-16(15)13-8-6-7-9-14(13)18/h6-9H,4-5,10-11H2,1-3H3,(H,19,22). The molecule has 0 bridgehead atoms. The molecule has 0 aliphatic heterocycles. The van der Waals surface area contributed by atoms with Crippen molar-refractivity contribution in [3.8, 4) is 11.3 Å². The molecule has 1 amide bonds. The lowest BCUT2D eigenvalue weighted by Gasteiger charge is -2.17. The number of carbonyl (C=O) groups is 1. The number of nitrogens with zero attached hydrogens (tertiary/aromatic N) is 2. The van der Waals surface area contributed by atoms with E-state index in [2.05, 4.69) is 29.2 Å². The third-order valence-electron chi connectivity index (χ3n) is 3.83. The average molecular weight is 336 g/mol. The van der Waals surface area contributed by atoms with E-state index in [1.165, 1.54) is 0 Å². The predicted molar refractivity (Wildman–Crippen MR) is 91.8 cm³/mol. The van der Waals surface area contributed by atoms with Crippen LogP contribution in [0.1, 0.15) is 30.0 Å². The molecule has 0 saturated carbocycles. The van der Waals surface area contributed by atoms with Crippen LogP contribution in [0.2, 0.25) is 5.02 Å². The summed E-state index contributed by atoms with van der Waals surface area (Å²) < 4.78 is 5.22. The lowest BCUT2D eigenvalue weighted by atomic mass is 10.1. The van der Waals surface area contributed by atoms with Crippen molar-refractivity contribution in [2.75, 3.05) is 26.2 Å². The van der Waals surface area contributed by atoms with E-state index >= 15 is 0 Å². The van der Waals surface area contributed by atoms with E-state index < -0.39 is 0 Å². The molecular formula is C17H22ClN3O2. The molecule has 23 heavy (non-hydrogen) atoms. The number of aromatic nitrogens is 1. The van der Waals surface area contributed by atoms with Gasteiger partial charge in [-0.3, -0.25) is 4.79 Å². The number of likely N-dealkylation sites (N-methyl/N-ethyl adjacent to an activating group) is 1. The first-order valence-electron chi connectivity index (χ1n) is 7.80. The first-order valence-corrected chi connectivity index (χ1v) is 8.18. The number of nitrogens with one attached hydrogen (secondary N) is 1. The molecule has 1 aromatic carbocycles. The average Bonchev–Trinajstić information content (AvgIpc) is 2.93. The smallest absolute Gasteiger partial charge is 0.257 e. The second-order valence-electron chi connectivity index (χ2n) is 5.22. The number of aryl methyl sites for hydroxylation is 1. The van der Waals surface area contributed by atoms with Crippen LogP contribution in [0.15, 0.2) is 28.8 Å². The lowest BCUT2D eigenvalue weighted by Crippen LogP contribution is -2.35. The highest BCUT2D eigenvalue weighted by atomic mass is 35.5. The van der Waals surface area contributed by atoms with Gasteiger partial charge in [-0.05, 0) is 26.1 Å². The lowest BCUT2D eigenvalue weighted by molar-refractivity contribution is 0.0948. The van der Waals surface area contributed by atoms with Crippen LogP contribution >= 0.6 is 11.6 Å². The molecule has 0 saturated heterocycles. The Kier molecular flexibility index (Phi) is 6.19. The van der Waals surface area contributed by atoms with Crippen molar-refractivity contribution in [1.82, 2.24) is 15.4 Å². The van der Waals surface area contributed by atoms with Gasteiger partial charge in [-0.15, -0.1) is 0 Å². The molecular weight excluding hydrogens is 314 g/mol. The Morgan fingerprint density at radius 1 is 1.30 bits per heavy atom. The fraction of sp³-hybridized carbons (Fsp3) is 0.412. The van der Waals surface area contributed by atoms with E-state index in [0.717, 1.165) is 19.6 Å². The SMILES string of the molecule is CCN(CC)CCNC(=O)c1c(-c2ccccc2Cl)noc1C. The van der Waals surface area contributed by atoms with E-state index in [-0.39, 0.29) is 5.91 Å². The number of carbonyl (C=O) groups excluding carboxylic acids is 1. The molecule has 6 heteroatoms. The predicted octanol–water partition coefficient (Wildman–Crippen LogP) is 3.38. The van der Waals surface area contributed by atoms with E-state index in [4.69, 9.17) is 16.1 Å². The van der Waals surface area contributed by atoms with E-state index in [1.807, 2.05) is 18.2 Å². The van der Waals surface area contributed by atoms with Crippen LogP contribution in [-0.4, -0.2) is 42.1 Å². The van der Waals surface area contributed by atoms with Gasteiger partial charge < -0.3 is 14.7 Å². The zero-order valence-electron chi connectivity index (χ0n) is 13.7. The quantitative estimate of drug-likeness (QED) is 0.842. The minimum absolute atomic E-state index is 0.189. The highest BCUT2D eigenvalue weighted by Gasteiger charge is 2.22. The maximum absolute atomic E-state index is 12.5. The summed E-state index contributed by atoms with van der Waals surface area (Å²) >= 11 is 6.21. The van der Waals surface area contributed by atoms with Gasteiger partial charge >= 0.3 is 0 Å². The Morgan fingerprint density at radius 2 is 2.00 bits per heavy atom. The Labute approximate surface area is 141 Å². The number of hydrogen-bond donors (Lipinski definition) is 1. The van der Waals surface area contributed by atoms with Crippen molar-refractivity contribution in [3.05, 3.63) is 40.6 Å². The largest absolute Gasteiger partial charge is 0.360 e. The molecule has 2 rings (SSSR count). The number of amides is 1. The summed E-state index contributed by atoms with van der Waals surface area (Å²) in [4.78, 5) is 14.8. The van der Waals surface area contributed by atoms with Crippen LogP contribution in [-0.2, 0) is 0 Å². The molecule has 5 nitrogen and oxygen atoms in total. The number of halogens is 1. The monoisotopic (exact) mass is 335 g/mol. The summed E-state index contributed by atoms with van der Waals surface area (Å²) in [6.07, 6.45) is 0. The molecule has 124 valence electrons. The Morgan fingerprint density at radius 3 is 2.65 bits per heavy atom. The molecule has 0 spiro atoms. The van der Waals surface area contributed by atoms with Gasteiger partial charge in [-0.1, -0.05) is 48.8 Å². The summed E-state index contributed by atoms with van der Waals surface area (Å²) in [5.41, 5.74) is 1.62. The van der Waals surface area contributed by atoms with Gasteiger partial charge in [0.1, 0.15) is 17.0 Å². The second kappa shape index (κ2) is 8.13. The first kappa shape index (κ1) is 17.5. The third-order valence-corrected chi connectivity index (χ3v) is 4.16. The highest BCUT2D eigenvalue weighted by molar-refractivity contribution is 6.33. The zero-order valence-corrected chi connectivity index (χ0v) is 14.5. The van der Waals surface area contributed by atoms with Crippen molar-refractivity contribution in [2.45, 2.75) is 20.8 Å². The minimum atomic E-state index is -0.189. The van der Waals surface area contributed by atoms with Gasteiger partial charge in [0.05, 0.1) is 5.02 Å². The van der Waals surface area contributed by atoms with Crippen LogP contribution in [0.5, 0.6) is 0 Å². The van der Waals surface area contributed by atoms with Crippen molar-refractivity contribution in [2.24, 2.45) is 0 Å². The summed E-state index contributed by atoms with van der Waals surface area (Å²) in [5, 5.41) is 7.48. The van der Waals surface area contributed by atoms with Gasteiger partial charge in [-0.25, -0.2) is 0 Å². The van der Waals surface area contributed by atoms with Crippen LogP contribution < -0.4 is 5.32 Å². The van der Waals surface area contributed by atoms with Gasteiger partial charge in [0.25, 0.3) is 5.91 Å². The fourth-order valence-corrected chi connectivity index (χ4v) is 2.66. The maximum atomic E-state index is 12.5. The molecule has 2 aromatic rings. The first-order chi connectivity index (χ1) is 11.1. The maximum Gasteiger partial charge on any atom is 0.257 e. The molecule has 0 aliphatic carbocycles. The third kappa shape index (κ3) is 4.12. The highest BCUT2D eigenvalue weighted by Crippen LogP contribution is 2.30. The second-order valence-corrected chi connectivity index (χ2v) is 5.63. The molecule has 1 aromatic heterocycles. The van der Waals surface area contributed by atoms with Crippen LogP contribution in [0.4, 0.5) is 0 Å². The summed E-state index contributed by atoms with van der Waals surface area (Å²) in [5.74, 6) is 0.297. The van der Waals surface area contributed by atoms with Crippen molar-refractivity contribution in [3.63, 3.8) is 0 Å². The minimum Gasteiger partial charge on any atom is -0.360 e. The van der Waals surface area contributed by atoms with Gasteiger partial charge in [0.15, 0.2) is 0 Å². The van der Waals surface area contributed by atoms with E-state index in [0.29, 0.717) is 34.1 Å². The topological polar surface area (TPSA) is 58.4 Å². The van der Waals surface area contributed by atoms with Crippen LogP contribution in [0.3, 0.4) is 0 Å².